The van der Waals surface area contributed by atoms with Crippen molar-refractivity contribution >= 4 is 5.97 Å². The lowest BCUT2D eigenvalue weighted by atomic mass is 10.2. The first kappa shape index (κ1) is 12.7. The summed E-state index contributed by atoms with van der Waals surface area (Å²) >= 11 is 0. The maximum Gasteiger partial charge on any atom is 0.337 e. The van der Waals surface area contributed by atoms with Gasteiger partial charge < -0.3 is 9.47 Å². The molecule has 0 saturated carbocycles. The van der Waals surface area contributed by atoms with Gasteiger partial charge in [0.1, 0.15) is 12.4 Å². The van der Waals surface area contributed by atoms with Gasteiger partial charge in [0.25, 0.3) is 0 Å². The van der Waals surface area contributed by atoms with Crippen molar-refractivity contribution in [2.24, 2.45) is 0 Å². The molecule has 0 spiro atoms. The van der Waals surface area contributed by atoms with Gasteiger partial charge in [-0.05, 0) is 25.8 Å². The molecule has 96 valence electrons. The number of hydrogen-bond acceptors (Lipinski definition) is 3. The number of hydrogen-bond donors (Lipinski definition) is 0. The molecule has 2 rings (SSSR count). The minimum Gasteiger partial charge on any atom is -0.495 e. The van der Waals surface area contributed by atoms with Crippen LogP contribution in [-0.4, -0.2) is 12.1 Å². The van der Waals surface area contributed by atoms with Gasteiger partial charge in [-0.25, -0.2) is 4.79 Å². The van der Waals surface area contributed by atoms with E-state index in [4.69, 9.17) is 9.47 Å². The molecule has 1 aromatic carbocycles. The summed E-state index contributed by atoms with van der Waals surface area (Å²) in [5.74, 6) is 0.489. The van der Waals surface area contributed by atoms with Crippen molar-refractivity contribution in [1.29, 1.82) is 0 Å². The fourth-order valence-corrected chi connectivity index (χ4v) is 1.92. The summed E-state index contributed by atoms with van der Waals surface area (Å²) in [7, 11) is 0. The van der Waals surface area contributed by atoms with Crippen LogP contribution in [0.2, 0.25) is 0 Å². The molecule has 1 aliphatic rings. The van der Waals surface area contributed by atoms with Crippen molar-refractivity contribution in [3.63, 3.8) is 0 Å². The predicted molar refractivity (Wildman–Crippen MR) is 68.7 cm³/mol. The number of esters is 1. The quantitative estimate of drug-likeness (QED) is 0.607. The molecule has 1 unspecified atom stereocenters. The Balaban J connectivity index is 1.92. The average Bonchev–Trinajstić information content (AvgIpc) is 2.83. The third kappa shape index (κ3) is 3.13. The van der Waals surface area contributed by atoms with Crippen molar-refractivity contribution in [1.82, 2.24) is 0 Å². The van der Waals surface area contributed by atoms with Crippen molar-refractivity contribution in [3.05, 3.63) is 47.2 Å². The van der Waals surface area contributed by atoms with Gasteiger partial charge in [0, 0.05) is 6.42 Å². The van der Waals surface area contributed by atoms with Crippen LogP contribution in [0.3, 0.4) is 0 Å². The zero-order valence-corrected chi connectivity index (χ0v) is 10.8. The molecule has 0 bridgehead atoms. The zero-order chi connectivity index (χ0) is 13.0. The van der Waals surface area contributed by atoms with E-state index < -0.39 is 0 Å². The number of rotatable bonds is 3. The van der Waals surface area contributed by atoms with E-state index in [1.165, 1.54) is 0 Å². The number of benzene rings is 1. The topological polar surface area (TPSA) is 35.5 Å². The van der Waals surface area contributed by atoms with Crippen molar-refractivity contribution < 1.29 is 14.3 Å². The first-order valence-corrected chi connectivity index (χ1v) is 6.24. The number of carbonyl (C=O) groups excluding carboxylic acids is 1. The second-order valence-corrected chi connectivity index (χ2v) is 4.58. The standard InChI is InChI=1S/C15H18O3/c1-11-8-9-14(18-11)12(2)15(16)17-10-13-6-4-3-5-7-13/h3-7,11H,8-10H2,1-2H3/b14-12-. The Labute approximate surface area is 107 Å². The number of allylic oxidation sites excluding steroid dienone is 1. The van der Waals surface area contributed by atoms with Crippen LogP contribution >= 0.6 is 0 Å². The summed E-state index contributed by atoms with van der Waals surface area (Å²) in [6.45, 7) is 4.08. The molecular formula is C15H18O3. The van der Waals surface area contributed by atoms with Gasteiger partial charge in [-0.3, -0.25) is 0 Å². The second kappa shape index (κ2) is 5.71. The fourth-order valence-electron chi connectivity index (χ4n) is 1.92. The second-order valence-electron chi connectivity index (χ2n) is 4.58. The maximum absolute atomic E-state index is 11.8. The molecule has 3 heteroatoms. The van der Waals surface area contributed by atoms with Gasteiger partial charge >= 0.3 is 5.97 Å². The molecule has 0 amide bonds. The van der Waals surface area contributed by atoms with Crippen molar-refractivity contribution in [3.8, 4) is 0 Å². The van der Waals surface area contributed by atoms with E-state index in [-0.39, 0.29) is 12.1 Å². The van der Waals surface area contributed by atoms with Gasteiger partial charge in [-0.2, -0.15) is 0 Å². The molecule has 0 aliphatic carbocycles. The Morgan fingerprint density at radius 2 is 2.11 bits per heavy atom. The van der Waals surface area contributed by atoms with Gasteiger partial charge in [-0.1, -0.05) is 30.3 Å². The largest absolute Gasteiger partial charge is 0.495 e. The summed E-state index contributed by atoms with van der Waals surface area (Å²) in [4.78, 5) is 11.8. The third-order valence-corrected chi connectivity index (χ3v) is 3.06. The molecule has 18 heavy (non-hydrogen) atoms. The van der Waals surface area contributed by atoms with Crippen LogP contribution in [0, 0.1) is 0 Å². The van der Waals surface area contributed by atoms with Gasteiger partial charge in [0.2, 0.25) is 0 Å². The van der Waals surface area contributed by atoms with Gasteiger partial charge in [0.05, 0.1) is 11.7 Å². The van der Waals surface area contributed by atoms with Crippen molar-refractivity contribution in [2.75, 3.05) is 0 Å². The Bertz CT molecular complexity index is 448. The average molecular weight is 246 g/mol. The summed E-state index contributed by atoms with van der Waals surface area (Å²) < 4.78 is 10.8. The highest BCUT2D eigenvalue weighted by Gasteiger charge is 2.21. The summed E-state index contributed by atoms with van der Waals surface area (Å²) in [5, 5.41) is 0. The van der Waals surface area contributed by atoms with E-state index in [1.54, 1.807) is 6.92 Å². The molecule has 3 nitrogen and oxygen atoms in total. The molecule has 1 saturated heterocycles. The highest BCUT2D eigenvalue weighted by molar-refractivity contribution is 5.88. The monoisotopic (exact) mass is 246 g/mol. The SMILES string of the molecule is C/C(C(=O)OCc1ccccc1)=C1\CCC(C)O1. The number of ether oxygens (including phenoxy) is 2. The van der Waals surface area contributed by atoms with Crippen LogP contribution in [-0.2, 0) is 20.9 Å². The number of carbonyl (C=O) groups is 1. The molecular weight excluding hydrogens is 228 g/mol. The summed E-state index contributed by atoms with van der Waals surface area (Å²) in [6, 6.07) is 9.66. The van der Waals surface area contributed by atoms with E-state index in [2.05, 4.69) is 0 Å². The first-order valence-electron chi connectivity index (χ1n) is 6.24. The summed E-state index contributed by atoms with van der Waals surface area (Å²) in [5.41, 5.74) is 1.58. The lowest BCUT2D eigenvalue weighted by Gasteiger charge is -2.09. The molecule has 1 heterocycles. The third-order valence-electron chi connectivity index (χ3n) is 3.06. The molecule has 1 atom stereocenters. The van der Waals surface area contributed by atoms with Crippen LogP contribution in [0.4, 0.5) is 0 Å². The van der Waals surface area contributed by atoms with Crippen LogP contribution in [0.5, 0.6) is 0 Å². The van der Waals surface area contributed by atoms with Crippen LogP contribution in [0.25, 0.3) is 0 Å². The lowest BCUT2D eigenvalue weighted by molar-refractivity contribution is -0.140. The smallest absolute Gasteiger partial charge is 0.337 e. The van der Waals surface area contributed by atoms with E-state index >= 15 is 0 Å². The molecule has 0 N–H and O–H groups in total. The highest BCUT2D eigenvalue weighted by atomic mass is 16.5. The molecule has 1 fully saturated rings. The van der Waals surface area contributed by atoms with E-state index in [9.17, 15) is 4.79 Å². The normalized spacial score (nSPS) is 21.3. The Kier molecular flexibility index (Phi) is 4.03. The Hall–Kier alpha value is -1.77. The van der Waals surface area contributed by atoms with Crippen LogP contribution in [0.1, 0.15) is 32.3 Å². The Morgan fingerprint density at radius 1 is 1.39 bits per heavy atom. The van der Waals surface area contributed by atoms with Gasteiger partial charge in [0.15, 0.2) is 0 Å². The zero-order valence-electron chi connectivity index (χ0n) is 10.8. The maximum atomic E-state index is 11.8. The molecule has 0 radical (unpaired) electrons. The van der Waals surface area contributed by atoms with E-state index in [0.29, 0.717) is 12.2 Å². The minimum absolute atomic E-state index is 0.205. The lowest BCUT2D eigenvalue weighted by Crippen LogP contribution is -2.08. The minimum atomic E-state index is -0.289. The Morgan fingerprint density at radius 3 is 2.72 bits per heavy atom. The molecule has 0 aromatic heterocycles. The van der Waals surface area contributed by atoms with Crippen LogP contribution in [0.15, 0.2) is 41.7 Å². The fraction of sp³-hybridized carbons (Fsp3) is 0.400. The summed E-state index contributed by atoms with van der Waals surface area (Å²) in [6.07, 6.45) is 2.00. The first-order chi connectivity index (χ1) is 8.66. The van der Waals surface area contributed by atoms with Gasteiger partial charge in [-0.15, -0.1) is 0 Å². The van der Waals surface area contributed by atoms with E-state index in [1.807, 2.05) is 37.3 Å². The van der Waals surface area contributed by atoms with E-state index in [0.717, 1.165) is 24.2 Å². The van der Waals surface area contributed by atoms with Crippen LogP contribution < -0.4 is 0 Å². The van der Waals surface area contributed by atoms with Crippen molar-refractivity contribution in [2.45, 2.75) is 39.4 Å². The predicted octanol–water partition coefficient (Wildman–Crippen LogP) is 3.20. The molecule has 1 aromatic rings. The highest BCUT2D eigenvalue weighted by Crippen LogP contribution is 2.25. The molecule has 1 aliphatic heterocycles.